The molecule has 0 unspecified atom stereocenters. The Kier molecular flexibility index (Phi) is 4.62. The van der Waals surface area contributed by atoms with Gasteiger partial charge in [0, 0.05) is 18.3 Å². The number of halogens is 5. The van der Waals surface area contributed by atoms with Gasteiger partial charge in [-0.2, -0.15) is 8.78 Å². The van der Waals surface area contributed by atoms with Crippen LogP contribution in [-0.2, 0) is 0 Å². The molecular formula is C14H10F5NO. The van der Waals surface area contributed by atoms with E-state index in [4.69, 9.17) is 4.74 Å². The standard InChI is InChI=1S/C14H10F5NO/c15-8-2-1-3-9(6-8)20-4-5-21-14-12(18)10(16)7-11(17)13(14)19/h1-3,6-7,20H,4-5H2. The van der Waals surface area contributed by atoms with E-state index in [1.54, 1.807) is 6.07 Å². The zero-order chi connectivity index (χ0) is 15.4. The average molecular weight is 303 g/mol. The summed E-state index contributed by atoms with van der Waals surface area (Å²) >= 11 is 0. The van der Waals surface area contributed by atoms with E-state index in [1.165, 1.54) is 18.2 Å². The smallest absolute Gasteiger partial charge is 0.203 e. The van der Waals surface area contributed by atoms with Crippen molar-refractivity contribution in [2.45, 2.75) is 0 Å². The van der Waals surface area contributed by atoms with Crippen LogP contribution in [0.2, 0.25) is 0 Å². The third kappa shape index (κ3) is 3.62. The van der Waals surface area contributed by atoms with Crippen molar-refractivity contribution in [2.75, 3.05) is 18.5 Å². The lowest BCUT2D eigenvalue weighted by Crippen LogP contribution is -2.13. The molecule has 0 aliphatic heterocycles. The van der Waals surface area contributed by atoms with Crippen LogP contribution in [0.15, 0.2) is 30.3 Å². The van der Waals surface area contributed by atoms with Crippen LogP contribution in [0.4, 0.5) is 27.6 Å². The second-order valence-corrected chi connectivity index (χ2v) is 4.08. The van der Waals surface area contributed by atoms with Crippen LogP contribution in [0, 0.1) is 29.1 Å². The van der Waals surface area contributed by atoms with Crippen molar-refractivity contribution in [3.63, 3.8) is 0 Å². The number of nitrogens with one attached hydrogen (secondary N) is 1. The lowest BCUT2D eigenvalue weighted by atomic mass is 10.3. The third-order valence-corrected chi connectivity index (χ3v) is 2.57. The van der Waals surface area contributed by atoms with Gasteiger partial charge in [-0.1, -0.05) is 6.07 Å². The van der Waals surface area contributed by atoms with Gasteiger partial charge < -0.3 is 10.1 Å². The molecule has 0 aliphatic rings. The Morgan fingerprint density at radius 3 is 2.19 bits per heavy atom. The first-order valence-corrected chi connectivity index (χ1v) is 5.94. The summed E-state index contributed by atoms with van der Waals surface area (Å²) in [7, 11) is 0. The van der Waals surface area contributed by atoms with Crippen molar-refractivity contribution >= 4 is 5.69 Å². The molecule has 112 valence electrons. The molecule has 0 aromatic heterocycles. The molecule has 0 radical (unpaired) electrons. The lowest BCUT2D eigenvalue weighted by Gasteiger charge is -2.10. The summed E-state index contributed by atoms with van der Waals surface area (Å²) in [6.45, 7) is -0.215. The molecule has 2 nitrogen and oxygen atoms in total. The van der Waals surface area contributed by atoms with E-state index >= 15 is 0 Å². The van der Waals surface area contributed by atoms with Gasteiger partial charge >= 0.3 is 0 Å². The fourth-order valence-corrected chi connectivity index (χ4v) is 1.62. The fraction of sp³-hybridized carbons (Fsp3) is 0.143. The van der Waals surface area contributed by atoms with Crippen LogP contribution in [0.3, 0.4) is 0 Å². The van der Waals surface area contributed by atoms with Gasteiger partial charge in [-0.3, -0.25) is 0 Å². The highest BCUT2D eigenvalue weighted by Crippen LogP contribution is 2.26. The number of hydrogen-bond donors (Lipinski definition) is 1. The summed E-state index contributed by atoms with van der Waals surface area (Å²) in [6.07, 6.45) is 0. The molecule has 21 heavy (non-hydrogen) atoms. The fourth-order valence-electron chi connectivity index (χ4n) is 1.62. The maximum absolute atomic E-state index is 13.3. The zero-order valence-corrected chi connectivity index (χ0v) is 10.6. The van der Waals surface area contributed by atoms with E-state index in [9.17, 15) is 22.0 Å². The van der Waals surface area contributed by atoms with Gasteiger partial charge in [-0.15, -0.1) is 0 Å². The Morgan fingerprint density at radius 1 is 0.905 bits per heavy atom. The molecule has 0 aliphatic carbocycles. The molecule has 0 amide bonds. The van der Waals surface area contributed by atoms with Crippen molar-refractivity contribution in [3.05, 3.63) is 59.4 Å². The third-order valence-electron chi connectivity index (χ3n) is 2.57. The molecule has 7 heteroatoms. The van der Waals surface area contributed by atoms with E-state index in [0.29, 0.717) is 5.69 Å². The molecule has 0 spiro atoms. The zero-order valence-electron chi connectivity index (χ0n) is 10.6. The minimum absolute atomic E-state index is 0.0560. The average Bonchev–Trinajstić information content (AvgIpc) is 2.44. The first-order valence-electron chi connectivity index (χ1n) is 5.94. The molecular weight excluding hydrogens is 293 g/mol. The van der Waals surface area contributed by atoms with Gasteiger partial charge in [-0.25, -0.2) is 13.2 Å². The van der Waals surface area contributed by atoms with Gasteiger partial charge in [0.1, 0.15) is 12.4 Å². The van der Waals surface area contributed by atoms with Gasteiger partial charge in [0.05, 0.1) is 0 Å². The molecule has 2 aromatic carbocycles. The quantitative estimate of drug-likeness (QED) is 0.514. The minimum atomic E-state index is -1.60. The molecule has 2 aromatic rings. The Bertz CT molecular complexity index is 621. The number of hydrogen-bond acceptors (Lipinski definition) is 2. The lowest BCUT2D eigenvalue weighted by molar-refractivity contribution is 0.282. The van der Waals surface area contributed by atoms with Crippen LogP contribution in [0.5, 0.6) is 5.75 Å². The number of benzene rings is 2. The van der Waals surface area contributed by atoms with Crippen LogP contribution in [0.25, 0.3) is 0 Å². The summed E-state index contributed by atoms with van der Waals surface area (Å²) in [5, 5.41) is 2.73. The second kappa shape index (κ2) is 6.43. The molecule has 0 fully saturated rings. The Morgan fingerprint density at radius 2 is 1.57 bits per heavy atom. The van der Waals surface area contributed by atoms with Crippen LogP contribution in [0.1, 0.15) is 0 Å². The Labute approximate surface area is 117 Å². The van der Waals surface area contributed by atoms with Gasteiger partial charge in [0.2, 0.25) is 11.6 Å². The van der Waals surface area contributed by atoms with Crippen LogP contribution < -0.4 is 10.1 Å². The number of ether oxygens (including phenoxy) is 1. The molecule has 2 rings (SSSR count). The largest absolute Gasteiger partial charge is 0.486 e. The van der Waals surface area contributed by atoms with E-state index in [2.05, 4.69) is 5.32 Å². The highest BCUT2D eigenvalue weighted by atomic mass is 19.2. The molecule has 0 heterocycles. The maximum atomic E-state index is 13.3. The SMILES string of the molecule is Fc1cccc(NCCOc2c(F)c(F)cc(F)c2F)c1. The van der Waals surface area contributed by atoms with E-state index < -0.39 is 34.8 Å². The topological polar surface area (TPSA) is 21.3 Å². The summed E-state index contributed by atoms with van der Waals surface area (Å²) in [4.78, 5) is 0. The normalized spacial score (nSPS) is 10.5. The number of anilines is 1. The van der Waals surface area contributed by atoms with Gasteiger partial charge in [0.25, 0.3) is 0 Å². The molecule has 1 N–H and O–H groups in total. The van der Waals surface area contributed by atoms with Crippen LogP contribution in [-0.4, -0.2) is 13.2 Å². The van der Waals surface area contributed by atoms with Crippen LogP contribution >= 0.6 is 0 Å². The molecule has 0 saturated carbocycles. The Balaban J connectivity index is 1.95. The van der Waals surface area contributed by atoms with Crippen molar-refractivity contribution < 1.29 is 26.7 Å². The maximum Gasteiger partial charge on any atom is 0.203 e. The highest BCUT2D eigenvalue weighted by Gasteiger charge is 2.20. The molecule has 0 bridgehead atoms. The first kappa shape index (κ1) is 15.1. The first-order chi connectivity index (χ1) is 9.99. The summed E-state index contributed by atoms with van der Waals surface area (Å²) in [5.41, 5.74) is 0.435. The Hall–Kier alpha value is -2.31. The number of rotatable bonds is 5. The highest BCUT2D eigenvalue weighted by molar-refractivity contribution is 5.42. The summed E-state index contributed by atoms with van der Waals surface area (Å²) in [6, 6.07) is 5.61. The summed E-state index contributed by atoms with van der Waals surface area (Å²) < 4.78 is 70.0. The van der Waals surface area contributed by atoms with Gasteiger partial charge in [0.15, 0.2) is 17.4 Å². The van der Waals surface area contributed by atoms with Crippen molar-refractivity contribution in [1.29, 1.82) is 0 Å². The minimum Gasteiger partial charge on any atom is -0.486 e. The molecule has 0 atom stereocenters. The second-order valence-electron chi connectivity index (χ2n) is 4.08. The predicted octanol–water partition coefficient (Wildman–Crippen LogP) is 3.87. The molecule has 0 saturated heterocycles. The monoisotopic (exact) mass is 303 g/mol. The predicted molar refractivity (Wildman–Crippen MR) is 66.7 cm³/mol. The van der Waals surface area contributed by atoms with Crippen molar-refractivity contribution in [2.24, 2.45) is 0 Å². The summed E-state index contributed by atoms with van der Waals surface area (Å²) in [5.74, 6) is -7.85. The van der Waals surface area contributed by atoms with Crippen molar-refractivity contribution in [3.8, 4) is 5.75 Å². The van der Waals surface area contributed by atoms with E-state index in [0.717, 1.165) is 0 Å². The van der Waals surface area contributed by atoms with Gasteiger partial charge in [-0.05, 0) is 18.2 Å². The van der Waals surface area contributed by atoms with Crippen molar-refractivity contribution in [1.82, 2.24) is 0 Å². The van der Waals surface area contributed by atoms with E-state index in [1.807, 2.05) is 0 Å². The van der Waals surface area contributed by atoms with E-state index in [-0.39, 0.29) is 19.2 Å².